The second-order valence-electron chi connectivity index (χ2n) is 5.74. The fraction of sp³-hybridized carbons (Fsp3) is 0.278. The van der Waals surface area contributed by atoms with Crippen LogP contribution in [0.25, 0.3) is 17.1 Å². The number of fused-ring (bicyclic) bond motifs is 1. The number of ether oxygens (including phenoxy) is 2. The first-order chi connectivity index (χ1) is 12.5. The van der Waals surface area contributed by atoms with Crippen LogP contribution in [-0.4, -0.2) is 46.1 Å². The molecule has 1 atom stereocenters. The van der Waals surface area contributed by atoms with Gasteiger partial charge in [-0.1, -0.05) is 0 Å². The van der Waals surface area contributed by atoms with E-state index >= 15 is 0 Å². The van der Waals surface area contributed by atoms with Crippen LogP contribution in [0.15, 0.2) is 41.7 Å². The van der Waals surface area contributed by atoms with Crippen LogP contribution < -0.4 is 5.32 Å². The number of rotatable bonds is 6. The molecule has 26 heavy (non-hydrogen) atoms. The first-order valence-corrected chi connectivity index (χ1v) is 8.20. The molecule has 3 rings (SSSR count). The molecule has 2 aromatic heterocycles. The number of hydrogen-bond donors (Lipinski definition) is 3. The second kappa shape index (κ2) is 7.40. The number of aliphatic hydroxyl groups is 1. The van der Waals surface area contributed by atoms with E-state index < -0.39 is 17.8 Å². The molecule has 0 saturated carbocycles. The van der Waals surface area contributed by atoms with Gasteiger partial charge in [0.1, 0.15) is 5.65 Å². The number of aromatic nitrogens is 2. The molecule has 0 bridgehead atoms. The van der Waals surface area contributed by atoms with Gasteiger partial charge >= 0.3 is 5.97 Å². The summed E-state index contributed by atoms with van der Waals surface area (Å²) in [6.07, 6.45) is 4.90. The van der Waals surface area contributed by atoms with Crippen molar-refractivity contribution in [2.24, 2.45) is 0 Å². The van der Waals surface area contributed by atoms with Crippen molar-refractivity contribution in [2.45, 2.75) is 19.9 Å². The fourth-order valence-electron chi connectivity index (χ4n) is 2.53. The molecule has 8 heteroatoms. The Morgan fingerprint density at radius 2 is 2.35 bits per heavy atom. The van der Waals surface area contributed by atoms with Gasteiger partial charge in [0.25, 0.3) is 0 Å². The van der Waals surface area contributed by atoms with E-state index in [-0.39, 0.29) is 30.4 Å². The lowest BCUT2D eigenvalue weighted by molar-refractivity contribution is -0.139. The van der Waals surface area contributed by atoms with E-state index in [1.54, 1.807) is 38.4 Å². The lowest BCUT2D eigenvalue weighted by Crippen LogP contribution is -2.30. The molecule has 2 aromatic rings. The summed E-state index contributed by atoms with van der Waals surface area (Å²) in [5.41, 5.74) is 1.17. The molecule has 3 N–H and O–H groups in total. The molecular weight excluding hydrogens is 338 g/mol. The zero-order valence-corrected chi connectivity index (χ0v) is 14.4. The topological polar surface area (TPSA) is 114 Å². The minimum Gasteiger partial charge on any atom is -0.462 e. The zero-order valence-electron chi connectivity index (χ0n) is 14.4. The lowest BCUT2D eigenvalue weighted by atomic mass is 10.1. The number of esters is 1. The van der Waals surface area contributed by atoms with Gasteiger partial charge in [0.2, 0.25) is 11.7 Å². The number of ketones is 1. The number of Topliss-reactive ketones (excluding diaryl/α,β-unsaturated/α-hetero) is 1. The van der Waals surface area contributed by atoms with Crippen molar-refractivity contribution in [3.63, 3.8) is 0 Å². The van der Waals surface area contributed by atoms with Crippen LogP contribution in [-0.2, 0) is 19.1 Å². The summed E-state index contributed by atoms with van der Waals surface area (Å²) in [6, 6.07) is 3.24. The summed E-state index contributed by atoms with van der Waals surface area (Å²) in [6.45, 7) is 3.28. The molecule has 0 aromatic carbocycles. The number of carbonyl (C=O) groups excluding carboxylic acids is 2. The van der Waals surface area contributed by atoms with Gasteiger partial charge in [0.05, 0.1) is 13.2 Å². The van der Waals surface area contributed by atoms with Crippen LogP contribution in [0.5, 0.6) is 0 Å². The van der Waals surface area contributed by atoms with Gasteiger partial charge in [0, 0.05) is 29.4 Å². The summed E-state index contributed by atoms with van der Waals surface area (Å²) < 4.78 is 10.5. The van der Waals surface area contributed by atoms with Crippen LogP contribution in [0.2, 0.25) is 0 Å². The summed E-state index contributed by atoms with van der Waals surface area (Å²) in [5, 5.41) is 12.9. The third-order valence-electron chi connectivity index (χ3n) is 3.79. The lowest BCUT2D eigenvalue weighted by Gasteiger charge is -2.13. The Bertz CT molecular complexity index is 912. The van der Waals surface area contributed by atoms with E-state index in [4.69, 9.17) is 9.47 Å². The quantitative estimate of drug-likeness (QED) is 0.405. The maximum absolute atomic E-state index is 12.7. The molecule has 0 fully saturated rings. The Balaban J connectivity index is 1.96. The minimum absolute atomic E-state index is 0.00885. The molecule has 136 valence electrons. The molecule has 3 heterocycles. The van der Waals surface area contributed by atoms with Crippen LogP contribution in [0.4, 0.5) is 0 Å². The normalized spacial score (nSPS) is 16.9. The minimum atomic E-state index is -0.769. The highest BCUT2D eigenvalue weighted by molar-refractivity contribution is 6.26. The summed E-state index contributed by atoms with van der Waals surface area (Å²) >= 11 is 0. The number of aromatic amines is 1. The van der Waals surface area contributed by atoms with Crippen molar-refractivity contribution in [3.8, 4) is 0 Å². The second-order valence-corrected chi connectivity index (χ2v) is 5.74. The number of nitrogens with zero attached hydrogens (tertiary/aromatic N) is 1. The predicted molar refractivity (Wildman–Crippen MR) is 93.5 cm³/mol. The molecule has 0 aliphatic carbocycles. The van der Waals surface area contributed by atoms with Gasteiger partial charge < -0.3 is 24.9 Å². The summed E-state index contributed by atoms with van der Waals surface area (Å²) in [7, 11) is 0. The number of hydrogen-bond acceptors (Lipinski definition) is 7. The maximum Gasteiger partial charge on any atom is 0.347 e. The van der Waals surface area contributed by atoms with Gasteiger partial charge in [-0.2, -0.15) is 0 Å². The Kier molecular flexibility index (Phi) is 5.04. The third kappa shape index (κ3) is 3.31. The number of allylic oxidation sites excluding steroid dienone is 1. The van der Waals surface area contributed by atoms with Crippen LogP contribution in [0, 0.1) is 0 Å². The van der Waals surface area contributed by atoms with Crippen LogP contribution in [0.1, 0.15) is 19.4 Å². The molecule has 0 spiro atoms. The highest BCUT2D eigenvalue weighted by atomic mass is 16.5. The molecule has 0 radical (unpaired) electrons. The van der Waals surface area contributed by atoms with E-state index in [1.165, 1.54) is 0 Å². The molecule has 0 amide bonds. The van der Waals surface area contributed by atoms with Crippen molar-refractivity contribution >= 4 is 28.9 Å². The van der Waals surface area contributed by atoms with Gasteiger partial charge in [-0.3, -0.25) is 4.79 Å². The molecule has 8 nitrogen and oxygen atoms in total. The largest absolute Gasteiger partial charge is 0.462 e. The molecule has 1 aliphatic heterocycles. The molecule has 1 aliphatic rings. The summed E-state index contributed by atoms with van der Waals surface area (Å²) in [4.78, 5) is 32.1. The fourth-order valence-corrected chi connectivity index (χ4v) is 2.53. The van der Waals surface area contributed by atoms with Crippen molar-refractivity contribution in [2.75, 3.05) is 13.2 Å². The first kappa shape index (κ1) is 17.7. The van der Waals surface area contributed by atoms with Crippen LogP contribution >= 0.6 is 0 Å². The number of carbonyl (C=O) groups is 2. The SMILES string of the molecule is CCOC(=O)C1=C(NC(C)CO)OC(=Cc2c[nH]c3ncccc23)C1=O. The Morgan fingerprint density at radius 3 is 3.08 bits per heavy atom. The highest BCUT2D eigenvalue weighted by Crippen LogP contribution is 2.28. The number of pyridine rings is 1. The number of H-pyrrole nitrogens is 1. The molecular formula is C18H19N3O5. The van der Waals surface area contributed by atoms with Gasteiger partial charge in [0.15, 0.2) is 11.3 Å². The van der Waals surface area contributed by atoms with Crippen molar-refractivity contribution in [1.82, 2.24) is 15.3 Å². The number of nitrogens with one attached hydrogen (secondary N) is 2. The Hall–Kier alpha value is -3.13. The van der Waals surface area contributed by atoms with E-state index in [1.807, 2.05) is 6.07 Å². The Morgan fingerprint density at radius 1 is 1.54 bits per heavy atom. The predicted octanol–water partition coefficient (Wildman–Crippen LogP) is 1.25. The van der Waals surface area contributed by atoms with Crippen molar-refractivity contribution in [1.29, 1.82) is 0 Å². The first-order valence-electron chi connectivity index (χ1n) is 8.20. The van der Waals surface area contributed by atoms with Gasteiger partial charge in [-0.25, -0.2) is 9.78 Å². The van der Waals surface area contributed by atoms with E-state index in [0.29, 0.717) is 11.2 Å². The van der Waals surface area contributed by atoms with E-state index in [9.17, 15) is 14.7 Å². The maximum atomic E-state index is 12.7. The zero-order chi connectivity index (χ0) is 18.7. The average Bonchev–Trinajstić information content (AvgIpc) is 3.17. The molecule has 0 saturated heterocycles. The summed E-state index contributed by atoms with van der Waals surface area (Å²) in [5.74, 6) is -1.37. The number of aliphatic hydroxyl groups excluding tert-OH is 1. The standard InChI is InChI=1S/C18H19N3O5/c1-3-25-18(24)14-15(23)13(26-17(14)21-10(2)9-22)7-11-8-20-16-12(11)5-4-6-19-16/h4-8,10,21-22H,3,9H2,1-2H3,(H,19,20). The van der Waals surface area contributed by atoms with E-state index in [2.05, 4.69) is 15.3 Å². The van der Waals surface area contributed by atoms with Crippen LogP contribution in [0.3, 0.4) is 0 Å². The van der Waals surface area contributed by atoms with Crippen molar-refractivity contribution in [3.05, 3.63) is 47.3 Å². The van der Waals surface area contributed by atoms with Crippen molar-refractivity contribution < 1.29 is 24.2 Å². The molecule has 1 unspecified atom stereocenters. The van der Waals surface area contributed by atoms with E-state index in [0.717, 1.165) is 5.39 Å². The average molecular weight is 357 g/mol. The van der Waals surface area contributed by atoms with Gasteiger partial charge in [-0.05, 0) is 32.1 Å². The highest BCUT2D eigenvalue weighted by Gasteiger charge is 2.37. The monoisotopic (exact) mass is 357 g/mol. The smallest absolute Gasteiger partial charge is 0.347 e. The van der Waals surface area contributed by atoms with Gasteiger partial charge in [-0.15, -0.1) is 0 Å². The Labute approximate surface area is 149 Å². The third-order valence-corrected chi connectivity index (χ3v) is 3.79.